The van der Waals surface area contributed by atoms with Crippen molar-refractivity contribution >= 4 is 30.4 Å². The van der Waals surface area contributed by atoms with E-state index in [9.17, 15) is 4.79 Å². The minimum atomic E-state index is -0.280. The van der Waals surface area contributed by atoms with E-state index in [4.69, 9.17) is 4.74 Å². The quantitative estimate of drug-likeness (QED) is 0.239. The van der Waals surface area contributed by atoms with E-state index in [-0.39, 0.29) is 6.03 Å². The normalized spacial score (nSPS) is 11.9. The van der Waals surface area contributed by atoms with Crippen LogP contribution in [-0.2, 0) is 12.8 Å². The van der Waals surface area contributed by atoms with Gasteiger partial charge in [0.15, 0.2) is 0 Å². The Labute approximate surface area is 213 Å². The zero-order chi connectivity index (χ0) is 25.2. The average molecular weight is 493 g/mol. The molecule has 1 aromatic carbocycles. The van der Waals surface area contributed by atoms with Crippen LogP contribution in [0.1, 0.15) is 44.7 Å². The number of amides is 2. The molecule has 2 aromatic heterocycles. The number of benzene rings is 1. The highest BCUT2D eigenvalue weighted by molar-refractivity contribution is 7.97. The van der Waals surface area contributed by atoms with Crippen LogP contribution >= 0.6 is 11.9 Å². The number of nitrogens with zero attached hydrogens (tertiary/aromatic N) is 2. The molecule has 3 N–H and O–H groups in total. The second-order valence-corrected chi connectivity index (χ2v) is 10.0. The molecule has 7 nitrogen and oxygen atoms in total. The molecule has 0 fully saturated rings. The van der Waals surface area contributed by atoms with E-state index in [1.807, 2.05) is 18.2 Å². The Kier molecular flexibility index (Phi) is 10.1. The summed E-state index contributed by atoms with van der Waals surface area (Å²) in [5, 5.41) is 10.5. The minimum Gasteiger partial charge on any atom is -0.481 e. The van der Waals surface area contributed by atoms with Crippen LogP contribution in [0.4, 0.5) is 10.5 Å². The van der Waals surface area contributed by atoms with E-state index in [0.717, 1.165) is 53.6 Å². The van der Waals surface area contributed by atoms with Crippen LogP contribution in [-0.4, -0.2) is 35.0 Å². The van der Waals surface area contributed by atoms with Crippen molar-refractivity contribution in [3.8, 4) is 17.0 Å². The lowest BCUT2D eigenvalue weighted by Crippen LogP contribution is -2.24. The van der Waals surface area contributed by atoms with Crippen LogP contribution in [0.3, 0.4) is 0 Å². The SMILES string of the molecule is CCCB(C)C(C)C.COc1ccc(-c2ccc3c(c2NC(=O)NSc2ccn[nH]2)CCC3)cn1. The summed E-state index contributed by atoms with van der Waals surface area (Å²) < 4.78 is 7.92. The summed E-state index contributed by atoms with van der Waals surface area (Å²) >= 11 is 1.19. The van der Waals surface area contributed by atoms with E-state index < -0.39 is 0 Å². The van der Waals surface area contributed by atoms with Crippen molar-refractivity contribution in [2.75, 3.05) is 12.4 Å². The molecule has 2 heterocycles. The van der Waals surface area contributed by atoms with Crippen molar-refractivity contribution in [3.63, 3.8) is 0 Å². The first kappa shape index (κ1) is 26.7. The number of pyridine rings is 1. The molecule has 0 bridgehead atoms. The summed E-state index contributed by atoms with van der Waals surface area (Å²) in [5.41, 5.74) is 5.22. The molecule has 0 saturated heterocycles. The summed E-state index contributed by atoms with van der Waals surface area (Å²) in [6.07, 6.45) is 9.21. The fourth-order valence-electron chi connectivity index (χ4n) is 4.04. The Bertz CT molecular complexity index is 1070. The monoisotopic (exact) mass is 493 g/mol. The van der Waals surface area contributed by atoms with Gasteiger partial charge in [0, 0.05) is 41.5 Å². The summed E-state index contributed by atoms with van der Waals surface area (Å²) in [6.45, 7) is 10.1. The number of hydrogen-bond donors (Lipinski definition) is 3. The summed E-state index contributed by atoms with van der Waals surface area (Å²) in [4.78, 5) is 16.8. The van der Waals surface area contributed by atoms with Crippen LogP contribution in [0.2, 0.25) is 19.0 Å². The van der Waals surface area contributed by atoms with Gasteiger partial charge in [-0.3, -0.25) is 9.82 Å². The van der Waals surface area contributed by atoms with Gasteiger partial charge in [0.1, 0.15) is 11.7 Å². The van der Waals surface area contributed by atoms with Gasteiger partial charge < -0.3 is 10.1 Å². The molecule has 9 heteroatoms. The highest BCUT2D eigenvalue weighted by Gasteiger charge is 2.20. The van der Waals surface area contributed by atoms with Crippen molar-refractivity contribution < 1.29 is 9.53 Å². The first-order chi connectivity index (χ1) is 16.9. The number of aromatic amines is 1. The van der Waals surface area contributed by atoms with Crippen molar-refractivity contribution in [1.29, 1.82) is 0 Å². The highest BCUT2D eigenvalue weighted by Crippen LogP contribution is 2.37. The van der Waals surface area contributed by atoms with E-state index in [0.29, 0.717) is 5.88 Å². The number of hydrogen-bond acceptors (Lipinski definition) is 5. The molecule has 0 unspecified atom stereocenters. The maximum Gasteiger partial charge on any atom is 0.329 e. The lowest BCUT2D eigenvalue weighted by molar-refractivity contribution is 0.257. The number of fused-ring (bicyclic) bond motifs is 1. The molecule has 186 valence electrons. The molecule has 3 aromatic rings. The molecule has 0 atom stereocenters. The summed E-state index contributed by atoms with van der Waals surface area (Å²) in [7, 11) is 1.59. The highest BCUT2D eigenvalue weighted by atomic mass is 32.2. The molecule has 1 aliphatic carbocycles. The first-order valence-electron chi connectivity index (χ1n) is 12.3. The topological polar surface area (TPSA) is 91.9 Å². The number of H-pyrrole nitrogens is 1. The second-order valence-electron chi connectivity index (χ2n) is 9.16. The van der Waals surface area contributed by atoms with Gasteiger partial charge in [0.2, 0.25) is 5.88 Å². The second kappa shape index (κ2) is 13.2. The standard InChI is InChI=1S/C19H19N5O2S.C7H17B/c1-26-16-8-6-13(11-20-16)15-7-5-12-3-2-4-14(12)18(15)22-19(25)24-27-17-9-10-21-23-17;1-5-6-8(4)7(2)3/h5-11H,2-4H2,1H3,(H,21,23)(H2,22,24,25);7H,5-6H2,1-4H3. The van der Waals surface area contributed by atoms with Gasteiger partial charge in [0.25, 0.3) is 0 Å². The van der Waals surface area contributed by atoms with E-state index in [1.165, 1.54) is 35.8 Å². The summed E-state index contributed by atoms with van der Waals surface area (Å²) in [5.74, 6) is 1.43. The summed E-state index contributed by atoms with van der Waals surface area (Å²) in [6, 6.07) is 9.47. The Balaban J connectivity index is 0.000000371. The lowest BCUT2D eigenvalue weighted by Gasteiger charge is -2.16. The Hall–Kier alpha value is -2.94. The number of carbonyl (C=O) groups is 1. The molecule has 0 aliphatic heterocycles. The van der Waals surface area contributed by atoms with Crippen molar-refractivity contribution in [2.24, 2.45) is 0 Å². The molecular formula is C26H36BN5O2S. The van der Waals surface area contributed by atoms with Crippen molar-refractivity contribution in [2.45, 2.75) is 70.4 Å². The number of rotatable bonds is 8. The number of aryl methyl sites for hydroxylation is 1. The molecule has 1 aliphatic rings. The molecule has 0 spiro atoms. The van der Waals surface area contributed by atoms with Gasteiger partial charge in [0.05, 0.1) is 12.8 Å². The number of anilines is 1. The van der Waals surface area contributed by atoms with Crippen LogP contribution < -0.4 is 14.8 Å². The largest absolute Gasteiger partial charge is 0.481 e. The average Bonchev–Trinajstić information content (AvgIpc) is 3.56. The first-order valence-corrected chi connectivity index (χ1v) is 13.1. The smallest absolute Gasteiger partial charge is 0.329 e. The van der Waals surface area contributed by atoms with Gasteiger partial charge in [-0.15, -0.1) is 0 Å². The van der Waals surface area contributed by atoms with Gasteiger partial charge in [-0.05, 0) is 42.5 Å². The number of carbonyl (C=O) groups excluding carboxylic acids is 1. The van der Waals surface area contributed by atoms with Crippen LogP contribution in [0, 0.1) is 0 Å². The van der Waals surface area contributed by atoms with E-state index in [1.54, 1.807) is 25.6 Å². The minimum absolute atomic E-state index is 0.280. The maximum absolute atomic E-state index is 12.5. The molecule has 0 saturated carbocycles. The predicted octanol–water partition coefficient (Wildman–Crippen LogP) is 6.73. The van der Waals surface area contributed by atoms with Crippen LogP contribution in [0.25, 0.3) is 11.1 Å². The van der Waals surface area contributed by atoms with Crippen molar-refractivity contribution in [3.05, 3.63) is 53.9 Å². The zero-order valence-corrected chi connectivity index (χ0v) is 22.2. The van der Waals surface area contributed by atoms with E-state index >= 15 is 0 Å². The lowest BCUT2D eigenvalue weighted by atomic mass is 9.41. The molecule has 35 heavy (non-hydrogen) atoms. The third kappa shape index (κ3) is 7.52. The van der Waals surface area contributed by atoms with Gasteiger partial charge in [-0.1, -0.05) is 58.3 Å². The Morgan fingerprint density at radius 3 is 2.66 bits per heavy atom. The molecule has 2 amide bonds. The zero-order valence-electron chi connectivity index (χ0n) is 21.4. The van der Waals surface area contributed by atoms with Gasteiger partial charge in [-0.2, -0.15) is 5.10 Å². The number of aromatic nitrogens is 3. The third-order valence-electron chi connectivity index (χ3n) is 6.39. The van der Waals surface area contributed by atoms with Crippen LogP contribution in [0.5, 0.6) is 5.88 Å². The molecule has 0 radical (unpaired) electrons. The predicted molar refractivity (Wildman–Crippen MR) is 147 cm³/mol. The fraction of sp³-hybridized carbons (Fsp3) is 0.423. The van der Waals surface area contributed by atoms with Crippen LogP contribution in [0.15, 0.2) is 47.8 Å². The number of nitrogens with one attached hydrogen (secondary N) is 3. The molecular weight excluding hydrogens is 457 g/mol. The Morgan fingerprint density at radius 1 is 1.23 bits per heavy atom. The van der Waals surface area contributed by atoms with Gasteiger partial charge >= 0.3 is 6.03 Å². The van der Waals surface area contributed by atoms with Gasteiger partial charge in [-0.25, -0.2) is 9.78 Å². The fourth-order valence-corrected chi connectivity index (χ4v) is 4.52. The number of ether oxygens (including phenoxy) is 1. The number of methoxy groups -OCH3 is 1. The van der Waals surface area contributed by atoms with Crippen molar-refractivity contribution in [1.82, 2.24) is 19.9 Å². The third-order valence-corrected chi connectivity index (χ3v) is 7.12. The maximum atomic E-state index is 12.5. The van der Waals surface area contributed by atoms with E-state index in [2.05, 4.69) is 58.9 Å². The molecule has 4 rings (SSSR count). The Morgan fingerprint density at radius 2 is 2.06 bits per heavy atom. The number of urea groups is 1.